The lowest BCUT2D eigenvalue weighted by Crippen LogP contribution is -2.43. The van der Waals surface area contributed by atoms with Crippen LogP contribution in [0, 0.1) is 5.41 Å². The molecule has 0 aromatic carbocycles. The summed E-state index contributed by atoms with van der Waals surface area (Å²) in [5.74, 6) is 0. The lowest BCUT2D eigenvalue weighted by atomic mass is 10.1. The molecule has 2 nitrogen and oxygen atoms in total. The molecule has 2 rings (SSSR count). The van der Waals surface area contributed by atoms with Crippen molar-refractivity contribution >= 4 is 0 Å². The summed E-state index contributed by atoms with van der Waals surface area (Å²) in [6.45, 7) is 4.31. The first-order chi connectivity index (χ1) is 6.20. The molecule has 3 heteroatoms. The Balaban J connectivity index is 1.73. The van der Waals surface area contributed by atoms with E-state index in [1.54, 1.807) is 0 Å². The van der Waals surface area contributed by atoms with E-state index in [0.29, 0.717) is 12.0 Å². The Morgan fingerprint density at radius 3 is 2.92 bits per heavy atom. The molecular formula is C10H18FNO. The Kier molecular flexibility index (Phi) is 2.56. The van der Waals surface area contributed by atoms with Gasteiger partial charge in [-0.25, -0.2) is 4.39 Å². The van der Waals surface area contributed by atoms with Gasteiger partial charge >= 0.3 is 0 Å². The van der Waals surface area contributed by atoms with Crippen LogP contribution in [0.3, 0.4) is 0 Å². The van der Waals surface area contributed by atoms with Crippen LogP contribution < -0.4 is 5.32 Å². The van der Waals surface area contributed by atoms with Gasteiger partial charge in [-0.3, -0.25) is 0 Å². The Bertz CT molecular complexity index is 182. The lowest BCUT2D eigenvalue weighted by molar-refractivity contribution is -0.0346. The second kappa shape index (κ2) is 3.54. The van der Waals surface area contributed by atoms with Crippen LogP contribution >= 0.6 is 0 Å². The second-order valence-electron chi connectivity index (χ2n) is 4.67. The normalized spacial score (nSPS) is 37.4. The molecule has 1 N–H and O–H groups in total. The van der Waals surface area contributed by atoms with Crippen molar-refractivity contribution in [2.45, 2.75) is 38.5 Å². The molecule has 0 spiro atoms. The molecule has 1 saturated carbocycles. The number of hydrogen-bond donors (Lipinski definition) is 1. The van der Waals surface area contributed by atoms with Crippen molar-refractivity contribution < 1.29 is 9.13 Å². The molecule has 0 aromatic rings. The van der Waals surface area contributed by atoms with Gasteiger partial charge in [0.25, 0.3) is 0 Å². The van der Waals surface area contributed by atoms with E-state index in [9.17, 15) is 4.39 Å². The molecule has 2 aliphatic rings. The predicted molar refractivity (Wildman–Crippen MR) is 49.5 cm³/mol. The van der Waals surface area contributed by atoms with Crippen LogP contribution in [0.2, 0.25) is 0 Å². The van der Waals surface area contributed by atoms with Gasteiger partial charge in [-0.05, 0) is 31.2 Å². The highest BCUT2D eigenvalue weighted by Crippen LogP contribution is 2.45. The number of nitrogens with one attached hydrogen (secondary N) is 1. The minimum atomic E-state index is -0.809. The van der Waals surface area contributed by atoms with Crippen LogP contribution in [0.1, 0.15) is 26.2 Å². The first kappa shape index (κ1) is 9.41. The minimum absolute atomic E-state index is 0.154. The highest BCUT2D eigenvalue weighted by molar-refractivity contribution is 4.89. The van der Waals surface area contributed by atoms with Crippen LogP contribution in [0.25, 0.3) is 0 Å². The summed E-state index contributed by atoms with van der Waals surface area (Å²) >= 11 is 0. The molecule has 2 fully saturated rings. The van der Waals surface area contributed by atoms with Crippen molar-refractivity contribution in [1.82, 2.24) is 5.32 Å². The summed E-state index contributed by atoms with van der Waals surface area (Å²) in [6, 6.07) is 0. The molecular weight excluding hydrogens is 169 g/mol. The standard InChI is InChI=1S/C10H18FNO/c1-10(3-4-10)7-13-9-2-5-12-6-8(9)11/h8-9,12H,2-7H2,1H3/t8-,9+/m0/s1. The molecule has 0 radical (unpaired) electrons. The van der Waals surface area contributed by atoms with Crippen LogP contribution in [-0.2, 0) is 4.74 Å². The third-order valence-electron chi connectivity index (χ3n) is 3.10. The number of hydrogen-bond acceptors (Lipinski definition) is 2. The highest BCUT2D eigenvalue weighted by atomic mass is 19.1. The number of halogens is 1. The average Bonchev–Trinajstić information content (AvgIpc) is 2.83. The monoisotopic (exact) mass is 187 g/mol. The fraction of sp³-hybridized carbons (Fsp3) is 1.00. The summed E-state index contributed by atoms with van der Waals surface area (Å²) in [7, 11) is 0. The topological polar surface area (TPSA) is 21.3 Å². The lowest BCUT2D eigenvalue weighted by Gasteiger charge is -2.27. The van der Waals surface area contributed by atoms with Crippen molar-refractivity contribution in [1.29, 1.82) is 0 Å². The maximum atomic E-state index is 13.3. The summed E-state index contributed by atoms with van der Waals surface area (Å²) in [6.07, 6.45) is 2.34. The zero-order valence-corrected chi connectivity index (χ0v) is 8.18. The number of piperidine rings is 1. The van der Waals surface area contributed by atoms with E-state index in [1.807, 2.05) is 0 Å². The van der Waals surface area contributed by atoms with Gasteiger partial charge in [0.05, 0.1) is 12.7 Å². The Hall–Kier alpha value is -0.150. The Labute approximate surface area is 78.8 Å². The van der Waals surface area contributed by atoms with Gasteiger partial charge in [0.2, 0.25) is 0 Å². The molecule has 0 aromatic heterocycles. The van der Waals surface area contributed by atoms with Crippen molar-refractivity contribution in [3.8, 4) is 0 Å². The molecule has 0 amide bonds. The first-order valence-corrected chi connectivity index (χ1v) is 5.16. The van der Waals surface area contributed by atoms with Crippen molar-refractivity contribution in [2.24, 2.45) is 5.41 Å². The van der Waals surface area contributed by atoms with E-state index in [0.717, 1.165) is 19.6 Å². The number of ether oxygens (including phenoxy) is 1. The van der Waals surface area contributed by atoms with E-state index in [-0.39, 0.29) is 6.10 Å². The van der Waals surface area contributed by atoms with Gasteiger partial charge in [-0.1, -0.05) is 6.92 Å². The van der Waals surface area contributed by atoms with E-state index in [2.05, 4.69) is 12.2 Å². The number of rotatable bonds is 3. The van der Waals surface area contributed by atoms with Crippen molar-refractivity contribution in [2.75, 3.05) is 19.7 Å². The fourth-order valence-corrected chi connectivity index (χ4v) is 1.65. The van der Waals surface area contributed by atoms with Gasteiger partial charge < -0.3 is 10.1 Å². The second-order valence-corrected chi connectivity index (χ2v) is 4.67. The van der Waals surface area contributed by atoms with E-state index < -0.39 is 6.17 Å². The van der Waals surface area contributed by atoms with Crippen LogP contribution in [0.15, 0.2) is 0 Å². The van der Waals surface area contributed by atoms with Crippen molar-refractivity contribution in [3.63, 3.8) is 0 Å². The average molecular weight is 187 g/mol. The molecule has 1 saturated heterocycles. The summed E-state index contributed by atoms with van der Waals surface area (Å²) < 4.78 is 18.9. The van der Waals surface area contributed by atoms with Crippen LogP contribution in [0.5, 0.6) is 0 Å². The highest BCUT2D eigenvalue weighted by Gasteiger charge is 2.39. The van der Waals surface area contributed by atoms with Gasteiger partial charge in [0.1, 0.15) is 6.17 Å². The third-order valence-corrected chi connectivity index (χ3v) is 3.10. The third kappa shape index (κ3) is 2.41. The molecule has 0 unspecified atom stereocenters. The SMILES string of the molecule is CC1(CO[C@@H]2CCNC[C@@H]2F)CC1. The summed E-state index contributed by atoms with van der Waals surface area (Å²) in [4.78, 5) is 0. The van der Waals surface area contributed by atoms with E-state index in [1.165, 1.54) is 12.8 Å². The van der Waals surface area contributed by atoms with Crippen LogP contribution in [-0.4, -0.2) is 32.0 Å². The Morgan fingerprint density at radius 2 is 2.31 bits per heavy atom. The van der Waals surface area contributed by atoms with Gasteiger partial charge in [0.15, 0.2) is 0 Å². The van der Waals surface area contributed by atoms with Crippen LogP contribution in [0.4, 0.5) is 4.39 Å². The van der Waals surface area contributed by atoms with Gasteiger partial charge in [-0.2, -0.15) is 0 Å². The van der Waals surface area contributed by atoms with Crippen molar-refractivity contribution in [3.05, 3.63) is 0 Å². The van der Waals surface area contributed by atoms with Gasteiger partial charge in [-0.15, -0.1) is 0 Å². The largest absolute Gasteiger partial charge is 0.375 e. The molecule has 1 aliphatic carbocycles. The molecule has 1 heterocycles. The zero-order chi connectivity index (χ0) is 9.31. The molecule has 76 valence electrons. The quantitative estimate of drug-likeness (QED) is 0.723. The maximum absolute atomic E-state index is 13.3. The van der Waals surface area contributed by atoms with E-state index in [4.69, 9.17) is 4.74 Å². The molecule has 0 bridgehead atoms. The smallest absolute Gasteiger partial charge is 0.139 e. The fourth-order valence-electron chi connectivity index (χ4n) is 1.65. The first-order valence-electron chi connectivity index (χ1n) is 5.16. The maximum Gasteiger partial charge on any atom is 0.139 e. The minimum Gasteiger partial charge on any atom is -0.375 e. The number of alkyl halides is 1. The summed E-state index contributed by atoms with van der Waals surface area (Å²) in [5, 5.41) is 3.02. The molecule has 2 atom stereocenters. The Morgan fingerprint density at radius 1 is 1.54 bits per heavy atom. The predicted octanol–water partition coefficient (Wildman–Crippen LogP) is 1.50. The van der Waals surface area contributed by atoms with E-state index >= 15 is 0 Å². The molecule has 1 aliphatic heterocycles. The van der Waals surface area contributed by atoms with Gasteiger partial charge in [0, 0.05) is 6.54 Å². The molecule has 13 heavy (non-hydrogen) atoms. The summed E-state index contributed by atoms with van der Waals surface area (Å²) in [5.41, 5.74) is 0.380. The zero-order valence-electron chi connectivity index (χ0n) is 8.18.